The molecule has 1 fully saturated rings. The molecule has 0 radical (unpaired) electrons. The van der Waals surface area contributed by atoms with Gasteiger partial charge in [0.05, 0.1) is 11.0 Å². The predicted octanol–water partition coefficient (Wildman–Crippen LogP) is 0.502. The van der Waals surface area contributed by atoms with Gasteiger partial charge in [0.2, 0.25) is 10.0 Å². The van der Waals surface area contributed by atoms with Gasteiger partial charge in [-0.15, -0.1) is 0 Å². The molecule has 3 N–H and O–H groups in total. The van der Waals surface area contributed by atoms with E-state index in [-0.39, 0.29) is 12.1 Å². The first kappa shape index (κ1) is 13.8. The Bertz CT molecular complexity index is 613. The average Bonchev–Trinajstić information content (AvgIpc) is 2.26. The Morgan fingerprint density at radius 2 is 2.05 bits per heavy atom. The molecule has 0 heterocycles. The standard InChI is InChI=1S/C10H12FN3O4S/c11-9-5-8(14(15)16)1-2-10(9)19(17,18)13-7-3-6(12)4-7/h1-2,5-7,13H,3-4,12H2. The average molecular weight is 289 g/mol. The Labute approximate surface area is 108 Å². The van der Waals surface area contributed by atoms with Gasteiger partial charge in [0.15, 0.2) is 0 Å². The van der Waals surface area contributed by atoms with Crippen molar-refractivity contribution in [2.45, 2.75) is 29.8 Å². The zero-order valence-corrected chi connectivity index (χ0v) is 10.6. The third-order valence-electron chi connectivity index (χ3n) is 2.91. The van der Waals surface area contributed by atoms with E-state index in [9.17, 15) is 22.9 Å². The molecule has 0 aromatic heterocycles. The maximum absolute atomic E-state index is 13.6. The van der Waals surface area contributed by atoms with Crippen molar-refractivity contribution < 1.29 is 17.7 Å². The van der Waals surface area contributed by atoms with Gasteiger partial charge >= 0.3 is 0 Å². The number of sulfonamides is 1. The van der Waals surface area contributed by atoms with Crippen LogP contribution in [0.25, 0.3) is 0 Å². The van der Waals surface area contributed by atoms with Crippen molar-refractivity contribution >= 4 is 15.7 Å². The van der Waals surface area contributed by atoms with Crippen molar-refractivity contribution in [2.75, 3.05) is 0 Å². The van der Waals surface area contributed by atoms with Crippen molar-refractivity contribution in [3.05, 3.63) is 34.1 Å². The van der Waals surface area contributed by atoms with Gasteiger partial charge in [-0.2, -0.15) is 0 Å². The highest BCUT2D eigenvalue weighted by Gasteiger charge is 2.31. The summed E-state index contributed by atoms with van der Waals surface area (Å²) in [6.45, 7) is 0. The van der Waals surface area contributed by atoms with Gasteiger partial charge in [0.25, 0.3) is 5.69 Å². The lowest BCUT2D eigenvalue weighted by molar-refractivity contribution is -0.385. The molecule has 0 saturated heterocycles. The summed E-state index contributed by atoms with van der Waals surface area (Å²) in [4.78, 5) is 9.05. The minimum atomic E-state index is -4.02. The van der Waals surface area contributed by atoms with E-state index in [1.807, 2.05) is 0 Å². The van der Waals surface area contributed by atoms with Gasteiger partial charge < -0.3 is 5.73 Å². The fourth-order valence-corrected chi connectivity index (χ4v) is 3.18. The molecule has 7 nitrogen and oxygen atoms in total. The zero-order valence-electron chi connectivity index (χ0n) is 9.74. The van der Waals surface area contributed by atoms with E-state index in [2.05, 4.69) is 4.72 Å². The summed E-state index contributed by atoms with van der Waals surface area (Å²) in [5.41, 5.74) is 5.03. The van der Waals surface area contributed by atoms with E-state index in [1.54, 1.807) is 0 Å². The molecule has 1 aliphatic rings. The predicted molar refractivity (Wildman–Crippen MR) is 64.4 cm³/mol. The molecule has 1 aromatic carbocycles. The second kappa shape index (κ2) is 4.83. The van der Waals surface area contributed by atoms with E-state index in [4.69, 9.17) is 5.73 Å². The zero-order chi connectivity index (χ0) is 14.2. The van der Waals surface area contributed by atoms with Crippen LogP contribution in [0.15, 0.2) is 23.1 Å². The lowest BCUT2D eigenvalue weighted by Crippen LogP contribution is -2.50. The first-order valence-corrected chi connectivity index (χ1v) is 7.00. The molecule has 0 unspecified atom stereocenters. The van der Waals surface area contributed by atoms with Gasteiger partial charge in [-0.25, -0.2) is 17.5 Å². The van der Waals surface area contributed by atoms with Gasteiger partial charge in [0.1, 0.15) is 10.7 Å². The van der Waals surface area contributed by atoms with Gasteiger partial charge in [-0.05, 0) is 18.9 Å². The number of nitrogens with one attached hydrogen (secondary N) is 1. The highest BCUT2D eigenvalue weighted by Crippen LogP contribution is 2.23. The van der Waals surface area contributed by atoms with Crippen LogP contribution in [0.4, 0.5) is 10.1 Å². The smallest absolute Gasteiger partial charge is 0.272 e. The maximum Gasteiger partial charge on any atom is 0.272 e. The van der Waals surface area contributed by atoms with Crippen molar-refractivity contribution in [3.63, 3.8) is 0 Å². The summed E-state index contributed by atoms with van der Waals surface area (Å²) in [5.74, 6) is -1.15. The number of nitro benzene ring substituents is 1. The topological polar surface area (TPSA) is 115 Å². The number of benzene rings is 1. The summed E-state index contributed by atoms with van der Waals surface area (Å²) < 4.78 is 39.7. The number of nitrogens with two attached hydrogens (primary N) is 1. The molecule has 0 spiro atoms. The van der Waals surface area contributed by atoms with Crippen LogP contribution < -0.4 is 10.5 Å². The van der Waals surface area contributed by atoms with Crippen molar-refractivity contribution in [3.8, 4) is 0 Å². The molecule has 19 heavy (non-hydrogen) atoms. The van der Waals surface area contributed by atoms with Gasteiger partial charge in [0, 0.05) is 18.2 Å². The second-order valence-corrected chi connectivity index (χ2v) is 6.10. The Morgan fingerprint density at radius 3 is 2.53 bits per heavy atom. The van der Waals surface area contributed by atoms with Crippen LogP contribution in [0, 0.1) is 15.9 Å². The molecular formula is C10H12FN3O4S. The highest BCUT2D eigenvalue weighted by molar-refractivity contribution is 7.89. The van der Waals surface area contributed by atoms with E-state index >= 15 is 0 Å². The van der Waals surface area contributed by atoms with Gasteiger partial charge in [-0.1, -0.05) is 0 Å². The van der Waals surface area contributed by atoms with Crippen molar-refractivity contribution in [2.24, 2.45) is 5.73 Å². The van der Waals surface area contributed by atoms with Crippen LogP contribution in [0.3, 0.4) is 0 Å². The van der Waals surface area contributed by atoms with E-state index in [0.29, 0.717) is 18.9 Å². The molecular weight excluding hydrogens is 277 g/mol. The number of nitro groups is 1. The SMILES string of the molecule is NC1CC(NS(=O)(=O)c2ccc([N+](=O)[O-])cc2F)C1. The molecule has 2 rings (SSSR count). The highest BCUT2D eigenvalue weighted by atomic mass is 32.2. The number of non-ortho nitro benzene ring substituents is 1. The fourth-order valence-electron chi connectivity index (χ4n) is 1.86. The summed E-state index contributed by atoms with van der Waals surface area (Å²) in [6.07, 6.45) is 0.988. The summed E-state index contributed by atoms with van der Waals surface area (Å²) >= 11 is 0. The molecule has 9 heteroatoms. The second-order valence-electron chi connectivity index (χ2n) is 4.42. The largest absolute Gasteiger partial charge is 0.328 e. The summed E-state index contributed by atoms with van der Waals surface area (Å²) in [7, 11) is -4.02. The van der Waals surface area contributed by atoms with Crippen LogP contribution >= 0.6 is 0 Å². The van der Waals surface area contributed by atoms with Crippen LogP contribution in [0.5, 0.6) is 0 Å². The third kappa shape index (κ3) is 2.88. The molecule has 104 valence electrons. The van der Waals surface area contributed by atoms with E-state index in [1.165, 1.54) is 0 Å². The first-order valence-electron chi connectivity index (χ1n) is 5.51. The number of hydrogen-bond acceptors (Lipinski definition) is 5. The summed E-state index contributed by atoms with van der Waals surface area (Å²) in [5, 5.41) is 10.4. The van der Waals surface area contributed by atoms with Crippen LogP contribution in [0.1, 0.15) is 12.8 Å². The normalized spacial score (nSPS) is 22.8. The fraction of sp³-hybridized carbons (Fsp3) is 0.400. The lowest BCUT2D eigenvalue weighted by atomic mass is 9.89. The Kier molecular flexibility index (Phi) is 3.52. The Morgan fingerprint density at radius 1 is 1.42 bits per heavy atom. The van der Waals surface area contributed by atoms with Crippen molar-refractivity contribution in [1.82, 2.24) is 4.72 Å². The maximum atomic E-state index is 13.6. The van der Waals surface area contributed by atoms with Crippen LogP contribution in [-0.4, -0.2) is 25.4 Å². The minimum absolute atomic E-state index is 0.0468. The van der Waals surface area contributed by atoms with Gasteiger partial charge in [-0.3, -0.25) is 10.1 Å². The Hall–Kier alpha value is -1.58. The molecule has 0 aliphatic heterocycles. The quantitative estimate of drug-likeness (QED) is 0.618. The minimum Gasteiger partial charge on any atom is -0.328 e. The van der Waals surface area contributed by atoms with E-state index < -0.39 is 31.3 Å². The molecule has 0 amide bonds. The number of hydrogen-bond donors (Lipinski definition) is 2. The van der Waals surface area contributed by atoms with E-state index in [0.717, 1.165) is 12.1 Å². The molecule has 1 aromatic rings. The monoisotopic (exact) mass is 289 g/mol. The van der Waals surface area contributed by atoms with Crippen molar-refractivity contribution in [1.29, 1.82) is 0 Å². The number of nitrogens with zero attached hydrogens (tertiary/aromatic N) is 1. The first-order chi connectivity index (χ1) is 8.79. The molecule has 0 bridgehead atoms. The lowest BCUT2D eigenvalue weighted by Gasteiger charge is -2.32. The molecule has 1 saturated carbocycles. The molecule has 1 aliphatic carbocycles. The Balaban J connectivity index is 2.23. The number of halogens is 1. The van der Waals surface area contributed by atoms with Crippen LogP contribution in [0.2, 0.25) is 0 Å². The number of rotatable bonds is 4. The molecule has 0 atom stereocenters. The summed E-state index contributed by atoms with van der Waals surface area (Å²) in [6, 6.07) is 2.06. The third-order valence-corrected chi connectivity index (χ3v) is 4.47. The van der Waals surface area contributed by atoms with Crippen LogP contribution in [-0.2, 0) is 10.0 Å².